The van der Waals surface area contributed by atoms with Crippen LogP contribution in [0.4, 0.5) is 0 Å². The molecule has 3 aromatic carbocycles. The number of benzene rings is 3. The van der Waals surface area contributed by atoms with Crippen molar-refractivity contribution in [3.05, 3.63) is 95.6 Å². The average molecular weight is 427 g/mol. The van der Waals surface area contributed by atoms with Crippen molar-refractivity contribution >= 4 is 13.1 Å². The molecule has 1 heterocycles. The molecule has 32 heavy (non-hydrogen) atoms. The van der Waals surface area contributed by atoms with E-state index in [2.05, 4.69) is 41.3 Å². The number of likely N-dealkylation sites (tertiary alicyclic amines) is 1. The summed E-state index contributed by atoms with van der Waals surface area (Å²) in [4.78, 5) is 14.6. The average Bonchev–Trinajstić information content (AvgIpc) is 3.07. The van der Waals surface area contributed by atoms with Gasteiger partial charge in [-0.25, -0.2) is 0 Å². The third-order valence-corrected chi connectivity index (χ3v) is 7.05. The molecule has 0 amide bonds. The van der Waals surface area contributed by atoms with Gasteiger partial charge in [0, 0.05) is 6.54 Å². The number of aliphatic carboxylic acids is 1. The highest BCUT2D eigenvalue weighted by molar-refractivity contribution is 6.40. The summed E-state index contributed by atoms with van der Waals surface area (Å²) in [5.41, 5.74) is 4.90. The molecule has 1 aliphatic carbocycles. The number of fused-ring (bicyclic) bond motifs is 3. The van der Waals surface area contributed by atoms with Crippen molar-refractivity contribution in [2.45, 2.75) is 30.7 Å². The zero-order valence-corrected chi connectivity index (χ0v) is 17.8. The van der Waals surface area contributed by atoms with Crippen LogP contribution < -0.4 is 0 Å². The zero-order valence-electron chi connectivity index (χ0n) is 17.8. The Balaban J connectivity index is 1.65. The second-order valence-corrected chi connectivity index (χ2v) is 8.77. The van der Waals surface area contributed by atoms with Gasteiger partial charge in [0.25, 0.3) is 0 Å². The molecule has 1 saturated heterocycles. The molecule has 2 atom stereocenters. The Morgan fingerprint density at radius 2 is 1.47 bits per heavy atom. The van der Waals surface area contributed by atoms with Crippen LogP contribution in [0.2, 0.25) is 6.32 Å². The molecule has 1 fully saturated rings. The van der Waals surface area contributed by atoms with Crippen LogP contribution in [0.25, 0.3) is 11.1 Å². The summed E-state index contributed by atoms with van der Waals surface area (Å²) in [7, 11) is -1.35. The van der Waals surface area contributed by atoms with Crippen LogP contribution in [-0.2, 0) is 10.3 Å². The van der Waals surface area contributed by atoms with Gasteiger partial charge in [-0.1, -0.05) is 85.3 Å². The van der Waals surface area contributed by atoms with Crippen LogP contribution in [0.5, 0.6) is 0 Å². The maximum Gasteiger partial charge on any atom is 0.451 e. The molecule has 5 rings (SSSR count). The Bertz CT molecular complexity index is 1090. The second-order valence-electron chi connectivity index (χ2n) is 8.77. The number of carboxylic acid groups (broad SMARTS) is 1. The first kappa shape index (κ1) is 20.9. The quantitative estimate of drug-likeness (QED) is 0.502. The largest absolute Gasteiger partial charge is 0.480 e. The second kappa shape index (κ2) is 8.21. The zero-order chi connectivity index (χ0) is 22.3. The summed E-state index contributed by atoms with van der Waals surface area (Å²) >= 11 is 0. The van der Waals surface area contributed by atoms with Gasteiger partial charge in [-0.3, -0.25) is 9.69 Å². The molecule has 0 unspecified atom stereocenters. The van der Waals surface area contributed by atoms with Crippen molar-refractivity contribution in [1.29, 1.82) is 0 Å². The Morgan fingerprint density at radius 3 is 2.03 bits per heavy atom. The van der Waals surface area contributed by atoms with Gasteiger partial charge in [0.15, 0.2) is 0 Å². The van der Waals surface area contributed by atoms with Gasteiger partial charge < -0.3 is 15.2 Å². The van der Waals surface area contributed by atoms with Gasteiger partial charge in [-0.05, 0) is 46.5 Å². The van der Waals surface area contributed by atoms with E-state index in [4.69, 9.17) is 0 Å². The van der Waals surface area contributed by atoms with Crippen molar-refractivity contribution in [3.63, 3.8) is 0 Å². The summed E-state index contributed by atoms with van der Waals surface area (Å²) < 4.78 is 0. The van der Waals surface area contributed by atoms with Crippen LogP contribution in [0.15, 0.2) is 78.9 Å². The van der Waals surface area contributed by atoms with Gasteiger partial charge in [0.2, 0.25) is 0 Å². The third kappa shape index (κ3) is 3.10. The minimum Gasteiger partial charge on any atom is -0.480 e. The molecule has 0 spiro atoms. The Hall–Kier alpha value is -2.93. The Kier molecular flexibility index (Phi) is 5.37. The molecule has 0 saturated carbocycles. The number of hydrogen-bond acceptors (Lipinski definition) is 4. The topological polar surface area (TPSA) is 81.0 Å². The fraction of sp³-hybridized carbons (Fsp3) is 0.269. The van der Waals surface area contributed by atoms with E-state index in [1.54, 1.807) is 0 Å². The molecule has 0 aromatic heterocycles. The first-order chi connectivity index (χ1) is 15.5. The van der Waals surface area contributed by atoms with Crippen LogP contribution in [-0.4, -0.2) is 45.7 Å². The van der Waals surface area contributed by atoms with Crippen LogP contribution in [0, 0.1) is 5.92 Å². The molecule has 6 heteroatoms. The van der Waals surface area contributed by atoms with Crippen LogP contribution >= 0.6 is 0 Å². The van der Waals surface area contributed by atoms with Crippen molar-refractivity contribution in [2.24, 2.45) is 5.92 Å². The van der Waals surface area contributed by atoms with Gasteiger partial charge in [-0.15, -0.1) is 0 Å². The fourth-order valence-electron chi connectivity index (χ4n) is 5.75. The molecular formula is C26H26BNO4. The molecule has 0 radical (unpaired) electrons. The van der Waals surface area contributed by atoms with E-state index < -0.39 is 24.7 Å². The molecule has 1 aliphatic heterocycles. The Morgan fingerprint density at radius 1 is 0.906 bits per heavy atom. The lowest BCUT2D eigenvalue weighted by Gasteiger charge is -2.56. The molecule has 3 aromatic rings. The molecule has 162 valence electrons. The summed E-state index contributed by atoms with van der Waals surface area (Å²) in [6.07, 6.45) is 1.50. The first-order valence-corrected chi connectivity index (χ1v) is 11.2. The minimum atomic E-state index is -1.35. The highest BCUT2D eigenvalue weighted by Gasteiger charge is 2.58. The van der Waals surface area contributed by atoms with Crippen molar-refractivity contribution in [1.82, 2.24) is 4.90 Å². The van der Waals surface area contributed by atoms with E-state index in [9.17, 15) is 19.9 Å². The lowest BCUT2D eigenvalue weighted by atomic mass is 9.71. The lowest BCUT2D eigenvalue weighted by molar-refractivity contribution is -0.159. The molecule has 2 aliphatic rings. The van der Waals surface area contributed by atoms with E-state index >= 15 is 0 Å². The van der Waals surface area contributed by atoms with Gasteiger partial charge >= 0.3 is 13.1 Å². The number of rotatable bonds is 7. The summed E-state index contributed by atoms with van der Waals surface area (Å²) in [5, 5.41) is 28.6. The molecular weight excluding hydrogens is 401 g/mol. The van der Waals surface area contributed by atoms with E-state index in [1.165, 1.54) is 0 Å². The van der Waals surface area contributed by atoms with Gasteiger partial charge in [-0.2, -0.15) is 0 Å². The van der Waals surface area contributed by atoms with E-state index in [-0.39, 0.29) is 12.2 Å². The monoisotopic (exact) mass is 427 g/mol. The summed E-state index contributed by atoms with van der Waals surface area (Å²) in [6, 6.07) is 26.1. The van der Waals surface area contributed by atoms with Crippen molar-refractivity contribution in [2.75, 3.05) is 6.54 Å². The van der Waals surface area contributed by atoms with E-state index in [0.717, 1.165) is 27.8 Å². The molecule has 3 N–H and O–H groups in total. The number of hydrogen-bond donors (Lipinski definition) is 3. The highest BCUT2D eigenvalue weighted by Crippen LogP contribution is 2.57. The molecule has 5 nitrogen and oxygen atoms in total. The predicted molar refractivity (Wildman–Crippen MR) is 124 cm³/mol. The SMILES string of the molecule is O=C(O)[C@@H]1[C@H](CCCB(O)O)CN1C1(c2ccccc2)c2ccccc2-c2ccccc21. The lowest BCUT2D eigenvalue weighted by Crippen LogP contribution is -2.67. The maximum atomic E-state index is 12.5. The summed E-state index contributed by atoms with van der Waals surface area (Å²) in [5.74, 6) is -0.866. The third-order valence-electron chi connectivity index (χ3n) is 7.05. The Labute approximate surface area is 188 Å². The number of carboxylic acids is 1. The summed E-state index contributed by atoms with van der Waals surface area (Å²) in [6.45, 7) is 0.635. The predicted octanol–water partition coefficient (Wildman–Crippen LogP) is 3.60. The first-order valence-electron chi connectivity index (χ1n) is 11.2. The van der Waals surface area contributed by atoms with Crippen LogP contribution in [0.1, 0.15) is 29.5 Å². The number of carbonyl (C=O) groups is 1. The van der Waals surface area contributed by atoms with Crippen LogP contribution in [0.3, 0.4) is 0 Å². The van der Waals surface area contributed by atoms with Gasteiger partial charge in [0.1, 0.15) is 6.04 Å². The van der Waals surface area contributed by atoms with Crippen molar-refractivity contribution < 1.29 is 19.9 Å². The maximum absolute atomic E-state index is 12.5. The van der Waals surface area contributed by atoms with Crippen molar-refractivity contribution in [3.8, 4) is 11.1 Å². The van der Waals surface area contributed by atoms with E-state index in [1.807, 2.05) is 42.5 Å². The standard InChI is InChI=1S/C26H26BNO4/c29-25(30)24-18(9-8-16-27(31)32)17-28(24)26(19-10-2-1-3-11-19)22-14-6-4-12-20(22)21-13-5-7-15-23(21)26/h1-7,10-15,18,24,31-32H,8-9,16-17H2,(H,29,30)/t18-,24+/m1/s1. The minimum absolute atomic E-state index is 0.0354. The molecule has 0 bridgehead atoms. The van der Waals surface area contributed by atoms with Gasteiger partial charge in [0.05, 0.1) is 5.54 Å². The smallest absolute Gasteiger partial charge is 0.451 e. The highest BCUT2D eigenvalue weighted by atomic mass is 16.4. The number of nitrogens with zero attached hydrogens (tertiary/aromatic N) is 1. The fourth-order valence-corrected chi connectivity index (χ4v) is 5.75. The van der Waals surface area contributed by atoms with E-state index in [0.29, 0.717) is 19.4 Å². The normalized spacial score (nSPS) is 20.8.